The fraction of sp³-hybridized carbons (Fsp3) is 0.235. The third-order valence-corrected chi connectivity index (χ3v) is 4.70. The molecule has 0 aliphatic heterocycles. The second kappa shape index (κ2) is 6.40. The van der Waals surface area contributed by atoms with E-state index in [1.807, 2.05) is 36.4 Å². The second-order valence-electron chi connectivity index (χ2n) is 5.76. The van der Waals surface area contributed by atoms with Crippen LogP contribution < -0.4 is 16.4 Å². The molecular formula is C17H17Cl2N3O. The van der Waals surface area contributed by atoms with Gasteiger partial charge < -0.3 is 16.4 Å². The van der Waals surface area contributed by atoms with Gasteiger partial charge in [0.15, 0.2) is 0 Å². The molecule has 1 fully saturated rings. The van der Waals surface area contributed by atoms with Crippen molar-refractivity contribution < 1.29 is 4.79 Å². The van der Waals surface area contributed by atoms with E-state index in [0.717, 1.165) is 29.8 Å². The smallest absolute Gasteiger partial charge is 0.240 e. The third-order valence-electron chi connectivity index (χ3n) is 3.88. The van der Waals surface area contributed by atoms with Gasteiger partial charge in [0.05, 0.1) is 21.3 Å². The van der Waals surface area contributed by atoms with Crippen LogP contribution in [0.15, 0.2) is 42.5 Å². The van der Waals surface area contributed by atoms with Crippen molar-refractivity contribution in [3.8, 4) is 0 Å². The van der Waals surface area contributed by atoms with Crippen LogP contribution >= 0.6 is 23.2 Å². The van der Waals surface area contributed by atoms with E-state index < -0.39 is 5.54 Å². The van der Waals surface area contributed by atoms with Crippen LogP contribution in [0.4, 0.5) is 11.4 Å². The molecule has 0 heterocycles. The molecule has 0 radical (unpaired) electrons. The number of nitrogens with one attached hydrogen (secondary N) is 2. The zero-order valence-electron chi connectivity index (χ0n) is 12.4. The largest absolute Gasteiger partial charge is 0.354 e. The summed E-state index contributed by atoms with van der Waals surface area (Å²) in [4.78, 5) is 11.8. The molecule has 1 saturated carbocycles. The van der Waals surface area contributed by atoms with Gasteiger partial charge in [-0.1, -0.05) is 41.4 Å². The predicted octanol–water partition coefficient (Wildman–Crippen LogP) is 3.84. The summed E-state index contributed by atoms with van der Waals surface area (Å²) in [6, 6.07) is 13.2. The van der Waals surface area contributed by atoms with Crippen molar-refractivity contribution in [2.45, 2.75) is 24.9 Å². The first-order valence-corrected chi connectivity index (χ1v) is 8.11. The number of nitrogens with two attached hydrogens (primary N) is 1. The van der Waals surface area contributed by atoms with Gasteiger partial charge in [-0.3, -0.25) is 4.79 Å². The van der Waals surface area contributed by atoms with Crippen LogP contribution in [-0.4, -0.2) is 11.4 Å². The molecule has 6 heteroatoms. The highest BCUT2D eigenvalue weighted by molar-refractivity contribution is 6.43. The molecule has 23 heavy (non-hydrogen) atoms. The zero-order valence-corrected chi connectivity index (χ0v) is 13.9. The third kappa shape index (κ3) is 3.78. The molecule has 4 nitrogen and oxygen atoms in total. The standard InChI is InChI=1S/C17H17Cl2N3O/c18-13-2-1-3-14(15(13)19)22-12-6-4-11(5-7-12)10-21-16(23)17(20)8-9-17/h1-7,22H,8-10,20H2,(H,21,23). The van der Waals surface area contributed by atoms with Gasteiger partial charge in [0, 0.05) is 12.2 Å². The summed E-state index contributed by atoms with van der Waals surface area (Å²) in [5.74, 6) is -0.0783. The fourth-order valence-electron chi connectivity index (χ4n) is 2.18. The monoisotopic (exact) mass is 349 g/mol. The highest BCUT2D eigenvalue weighted by Crippen LogP contribution is 2.33. The minimum Gasteiger partial charge on any atom is -0.354 e. The lowest BCUT2D eigenvalue weighted by Gasteiger charge is -2.12. The Morgan fingerprint density at radius 1 is 1.13 bits per heavy atom. The van der Waals surface area contributed by atoms with E-state index in [9.17, 15) is 4.79 Å². The Morgan fingerprint density at radius 3 is 2.48 bits per heavy atom. The summed E-state index contributed by atoms with van der Waals surface area (Å²) in [7, 11) is 0. The molecule has 2 aromatic rings. The lowest BCUT2D eigenvalue weighted by atomic mass is 10.2. The molecule has 1 amide bonds. The van der Waals surface area contributed by atoms with E-state index in [1.165, 1.54) is 0 Å². The van der Waals surface area contributed by atoms with Crippen LogP contribution in [0.1, 0.15) is 18.4 Å². The van der Waals surface area contributed by atoms with Crippen molar-refractivity contribution in [3.63, 3.8) is 0 Å². The number of hydrogen-bond donors (Lipinski definition) is 3. The van der Waals surface area contributed by atoms with Crippen LogP contribution in [0.3, 0.4) is 0 Å². The Labute approximate surface area is 145 Å². The highest BCUT2D eigenvalue weighted by atomic mass is 35.5. The molecule has 120 valence electrons. The Balaban J connectivity index is 1.60. The number of benzene rings is 2. The highest BCUT2D eigenvalue weighted by Gasteiger charge is 2.45. The number of anilines is 2. The average molecular weight is 350 g/mol. The summed E-state index contributed by atoms with van der Waals surface area (Å²) in [5.41, 5.74) is 7.86. The van der Waals surface area contributed by atoms with Crippen molar-refractivity contribution in [2.24, 2.45) is 5.73 Å². The molecule has 0 atom stereocenters. The molecule has 3 rings (SSSR count). The lowest BCUT2D eigenvalue weighted by Crippen LogP contribution is -2.42. The Morgan fingerprint density at radius 2 is 1.83 bits per heavy atom. The summed E-state index contributed by atoms with van der Waals surface area (Å²) >= 11 is 12.1. The van der Waals surface area contributed by atoms with Gasteiger partial charge in [-0.05, 0) is 42.7 Å². The van der Waals surface area contributed by atoms with Crippen molar-refractivity contribution in [1.29, 1.82) is 0 Å². The van der Waals surface area contributed by atoms with E-state index in [0.29, 0.717) is 16.6 Å². The molecule has 0 unspecified atom stereocenters. The Bertz CT molecular complexity index is 727. The topological polar surface area (TPSA) is 67.2 Å². The maximum atomic E-state index is 11.8. The first-order chi connectivity index (χ1) is 11.0. The SMILES string of the molecule is NC1(C(=O)NCc2ccc(Nc3cccc(Cl)c3Cl)cc2)CC1. The van der Waals surface area contributed by atoms with E-state index >= 15 is 0 Å². The Kier molecular flexibility index (Phi) is 4.48. The summed E-state index contributed by atoms with van der Waals surface area (Å²) in [5, 5.41) is 7.08. The van der Waals surface area contributed by atoms with Gasteiger partial charge in [-0.15, -0.1) is 0 Å². The van der Waals surface area contributed by atoms with Crippen LogP contribution in [-0.2, 0) is 11.3 Å². The van der Waals surface area contributed by atoms with Crippen LogP contribution in [0.2, 0.25) is 10.0 Å². The maximum absolute atomic E-state index is 11.8. The van der Waals surface area contributed by atoms with Gasteiger partial charge in [0.25, 0.3) is 0 Å². The average Bonchev–Trinajstić information content (AvgIpc) is 3.30. The van der Waals surface area contributed by atoms with Gasteiger partial charge in [0.2, 0.25) is 5.91 Å². The van der Waals surface area contributed by atoms with Gasteiger partial charge >= 0.3 is 0 Å². The van der Waals surface area contributed by atoms with Crippen LogP contribution in [0.25, 0.3) is 0 Å². The number of hydrogen-bond acceptors (Lipinski definition) is 3. The molecule has 2 aromatic carbocycles. The quantitative estimate of drug-likeness (QED) is 0.767. The van der Waals surface area contributed by atoms with Crippen molar-refractivity contribution in [2.75, 3.05) is 5.32 Å². The molecule has 0 saturated heterocycles. The number of rotatable bonds is 5. The van der Waals surface area contributed by atoms with Crippen LogP contribution in [0, 0.1) is 0 Å². The van der Waals surface area contributed by atoms with E-state index in [-0.39, 0.29) is 5.91 Å². The lowest BCUT2D eigenvalue weighted by molar-refractivity contribution is -0.123. The minimum atomic E-state index is -0.634. The number of halogens is 2. The summed E-state index contributed by atoms with van der Waals surface area (Å²) in [6.07, 6.45) is 1.53. The number of amides is 1. The van der Waals surface area contributed by atoms with Gasteiger partial charge in [-0.2, -0.15) is 0 Å². The molecular weight excluding hydrogens is 333 g/mol. The van der Waals surface area contributed by atoms with E-state index in [1.54, 1.807) is 6.07 Å². The maximum Gasteiger partial charge on any atom is 0.240 e. The molecule has 0 bridgehead atoms. The molecule has 1 aliphatic rings. The van der Waals surface area contributed by atoms with Crippen LogP contribution in [0.5, 0.6) is 0 Å². The van der Waals surface area contributed by atoms with E-state index in [4.69, 9.17) is 28.9 Å². The fourth-order valence-corrected chi connectivity index (χ4v) is 2.53. The zero-order chi connectivity index (χ0) is 16.4. The van der Waals surface area contributed by atoms with Gasteiger partial charge in [0.1, 0.15) is 0 Å². The van der Waals surface area contributed by atoms with Gasteiger partial charge in [-0.25, -0.2) is 0 Å². The second-order valence-corrected chi connectivity index (χ2v) is 6.55. The van der Waals surface area contributed by atoms with Crippen molar-refractivity contribution >= 4 is 40.5 Å². The summed E-state index contributed by atoms with van der Waals surface area (Å²) < 4.78 is 0. The number of carbonyl (C=O) groups is 1. The molecule has 0 aromatic heterocycles. The van der Waals surface area contributed by atoms with Crippen molar-refractivity contribution in [1.82, 2.24) is 5.32 Å². The first-order valence-electron chi connectivity index (χ1n) is 7.35. The number of carbonyl (C=O) groups excluding carboxylic acids is 1. The molecule has 0 spiro atoms. The van der Waals surface area contributed by atoms with Crippen molar-refractivity contribution in [3.05, 3.63) is 58.1 Å². The minimum absolute atomic E-state index is 0.0783. The first kappa shape index (κ1) is 16.1. The normalized spacial score (nSPS) is 15.1. The molecule has 4 N–H and O–H groups in total. The molecule has 1 aliphatic carbocycles. The summed E-state index contributed by atoms with van der Waals surface area (Å²) in [6.45, 7) is 0.468. The Hall–Kier alpha value is -1.75. The predicted molar refractivity (Wildman–Crippen MR) is 94.2 cm³/mol. The van der Waals surface area contributed by atoms with E-state index in [2.05, 4.69) is 10.6 Å².